The minimum Gasteiger partial charge on any atom is -0.287 e. The van der Waals surface area contributed by atoms with Crippen molar-refractivity contribution in [2.45, 2.75) is 6.92 Å². The van der Waals surface area contributed by atoms with Crippen molar-refractivity contribution >= 4 is 16.6 Å². The van der Waals surface area contributed by atoms with E-state index in [1.807, 2.05) is 30.3 Å². The Morgan fingerprint density at radius 3 is 2.36 bits per heavy atom. The highest BCUT2D eigenvalue weighted by Gasteiger charge is 2.07. The van der Waals surface area contributed by atoms with Gasteiger partial charge in [0.1, 0.15) is 0 Å². The van der Waals surface area contributed by atoms with E-state index in [0.717, 1.165) is 10.9 Å². The van der Waals surface area contributed by atoms with Gasteiger partial charge < -0.3 is 0 Å². The second kappa shape index (κ2) is 3.14. The Hall–Kier alpha value is -1.83. The third-order valence-electron chi connectivity index (χ3n) is 2.45. The molecule has 0 heterocycles. The van der Waals surface area contributed by atoms with Crippen molar-refractivity contribution in [3.05, 3.63) is 47.5 Å². The third kappa shape index (κ3) is 1.25. The summed E-state index contributed by atoms with van der Waals surface area (Å²) in [4.78, 5) is 0. The third-order valence-corrected chi connectivity index (χ3v) is 2.45. The zero-order valence-corrected chi connectivity index (χ0v) is 8.12. The molecule has 0 aliphatic rings. The standard InChI is InChI=1S/C12H12N2/c1-8-6-7-11(12(13)14)10-5-3-2-4-9(8)10/h2-7H,1H3,(H3,13,14)/p+1. The van der Waals surface area contributed by atoms with Crippen LogP contribution in [0.15, 0.2) is 36.4 Å². The first-order valence-electron chi connectivity index (χ1n) is 4.57. The number of benzene rings is 2. The Bertz CT molecular complexity index is 501. The van der Waals surface area contributed by atoms with Gasteiger partial charge in [-0.05, 0) is 29.3 Å². The molecular formula is C12H13N2+. The number of aryl methyl sites for hydroxylation is 1. The van der Waals surface area contributed by atoms with E-state index >= 15 is 0 Å². The van der Waals surface area contributed by atoms with Crippen molar-refractivity contribution in [2.24, 2.45) is 5.73 Å². The van der Waals surface area contributed by atoms with E-state index in [2.05, 4.69) is 13.0 Å². The highest BCUT2D eigenvalue weighted by atomic mass is 14.7. The Morgan fingerprint density at radius 1 is 1.07 bits per heavy atom. The average Bonchev–Trinajstić information content (AvgIpc) is 2.18. The molecule has 0 saturated heterocycles. The summed E-state index contributed by atoms with van der Waals surface area (Å²) in [7, 11) is 0. The maximum Gasteiger partial charge on any atom is 0.271 e. The molecular weight excluding hydrogens is 172 g/mol. The summed E-state index contributed by atoms with van der Waals surface area (Å²) in [6, 6.07) is 12.1. The minimum absolute atomic E-state index is 0.376. The van der Waals surface area contributed by atoms with E-state index in [0.29, 0.717) is 5.84 Å². The van der Waals surface area contributed by atoms with Crippen molar-refractivity contribution in [3.63, 3.8) is 0 Å². The number of fused-ring (bicyclic) bond motifs is 1. The summed E-state index contributed by atoms with van der Waals surface area (Å²) >= 11 is 0. The predicted molar refractivity (Wildman–Crippen MR) is 58.9 cm³/mol. The summed E-state index contributed by atoms with van der Waals surface area (Å²) in [5.41, 5.74) is 7.79. The van der Waals surface area contributed by atoms with Gasteiger partial charge in [-0.15, -0.1) is 0 Å². The molecule has 0 atom stereocenters. The highest BCUT2D eigenvalue weighted by molar-refractivity contribution is 6.06. The van der Waals surface area contributed by atoms with E-state index in [4.69, 9.17) is 11.1 Å². The van der Waals surface area contributed by atoms with Crippen LogP contribution in [-0.4, -0.2) is 5.84 Å². The molecule has 2 heteroatoms. The molecule has 4 N–H and O–H groups in total. The summed E-state index contributed by atoms with van der Waals surface area (Å²) in [6.45, 7) is 2.08. The normalized spacial score (nSPS) is 10.4. The van der Waals surface area contributed by atoms with Crippen molar-refractivity contribution in [3.8, 4) is 0 Å². The van der Waals surface area contributed by atoms with Crippen molar-refractivity contribution in [2.75, 3.05) is 0 Å². The molecule has 0 bridgehead atoms. The van der Waals surface area contributed by atoms with Crippen molar-refractivity contribution < 1.29 is 5.41 Å². The molecule has 14 heavy (non-hydrogen) atoms. The van der Waals surface area contributed by atoms with Gasteiger partial charge in [-0.25, -0.2) is 0 Å². The average molecular weight is 185 g/mol. The monoisotopic (exact) mass is 185 g/mol. The second-order valence-corrected chi connectivity index (χ2v) is 3.43. The summed E-state index contributed by atoms with van der Waals surface area (Å²) in [6.07, 6.45) is 0. The lowest BCUT2D eigenvalue weighted by atomic mass is 10.00. The molecule has 0 radical (unpaired) electrons. The summed E-state index contributed by atoms with van der Waals surface area (Å²) in [5.74, 6) is 0.376. The van der Waals surface area contributed by atoms with E-state index in [9.17, 15) is 0 Å². The van der Waals surface area contributed by atoms with E-state index in [-0.39, 0.29) is 0 Å². The number of hydrogen-bond acceptors (Lipinski definition) is 0. The zero-order valence-electron chi connectivity index (χ0n) is 8.12. The molecule has 2 nitrogen and oxygen atoms in total. The first kappa shape index (κ1) is 8.75. The summed E-state index contributed by atoms with van der Waals surface area (Å²) in [5, 5.41) is 7.95. The highest BCUT2D eigenvalue weighted by Crippen LogP contribution is 2.21. The zero-order chi connectivity index (χ0) is 10.1. The number of nitrogens with two attached hydrogens (primary N) is 2. The minimum atomic E-state index is 0.376. The van der Waals surface area contributed by atoms with Crippen LogP contribution in [-0.2, 0) is 0 Å². The number of hydrogen-bond donors (Lipinski definition) is 2. The lowest BCUT2D eigenvalue weighted by Crippen LogP contribution is -2.46. The lowest BCUT2D eigenvalue weighted by Gasteiger charge is -2.04. The van der Waals surface area contributed by atoms with Crippen molar-refractivity contribution in [1.29, 1.82) is 0 Å². The van der Waals surface area contributed by atoms with Crippen LogP contribution in [0.4, 0.5) is 0 Å². The Morgan fingerprint density at radius 2 is 1.71 bits per heavy atom. The molecule has 0 unspecified atom stereocenters. The van der Waals surface area contributed by atoms with Crippen LogP contribution in [0, 0.1) is 6.92 Å². The van der Waals surface area contributed by atoms with Crippen LogP contribution >= 0.6 is 0 Å². The number of amidine groups is 1. The Balaban J connectivity index is 2.88. The van der Waals surface area contributed by atoms with Crippen LogP contribution < -0.4 is 11.1 Å². The van der Waals surface area contributed by atoms with Crippen LogP contribution in [0.3, 0.4) is 0 Å². The van der Waals surface area contributed by atoms with Gasteiger partial charge >= 0.3 is 0 Å². The largest absolute Gasteiger partial charge is 0.287 e. The van der Waals surface area contributed by atoms with Crippen molar-refractivity contribution in [1.82, 2.24) is 0 Å². The van der Waals surface area contributed by atoms with Gasteiger partial charge in [0.15, 0.2) is 0 Å². The molecule has 2 rings (SSSR count). The summed E-state index contributed by atoms with van der Waals surface area (Å²) < 4.78 is 0. The molecule has 0 aromatic heterocycles. The maximum atomic E-state index is 5.62. The van der Waals surface area contributed by atoms with Crippen LogP contribution in [0.1, 0.15) is 11.1 Å². The van der Waals surface area contributed by atoms with Gasteiger partial charge in [-0.2, -0.15) is 0 Å². The molecule has 0 spiro atoms. The van der Waals surface area contributed by atoms with Gasteiger partial charge in [0.2, 0.25) is 0 Å². The van der Waals surface area contributed by atoms with Gasteiger partial charge in [0, 0.05) is 0 Å². The molecule has 2 aromatic rings. The quantitative estimate of drug-likeness (QED) is 0.496. The van der Waals surface area contributed by atoms with E-state index in [1.165, 1.54) is 10.9 Å². The smallest absolute Gasteiger partial charge is 0.271 e. The molecule has 0 saturated carbocycles. The first-order chi connectivity index (χ1) is 6.70. The fourth-order valence-corrected chi connectivity index (χ4v) is 1.70. The topological polar surface area (TPSA) is 51.6 Å². The lowest BCUT2D eigenvalue weighted by molar-refractivity contribution is -0.114. The van der Waals surface area contributed by atoms with Gasteiger partial charge in [0.05, 0.1) is 5.56 Å². The van der Waals surface area contributed by atoms with E-state index in [1.54, 1.807) is 0 Å². The molecule has 0 aliphatic carbocycles. The molecule has 70 valence electrons. The van der Waals surface area contributed by atoms with E-state index < -0.39 is 0 Å². The van der Waals surface area contributed by atoms with Gasteiger partial charge in [-0.1, -0.05) is 30.3 Å². The van der Waals surface area contributed by atoms with Gasteiger partial charge in [0.25, 0.3) is 5.84 Å². The SMILES string of the molecule is Cc1ccc(C(N)=[NH2+])c2ccccc12. The fraction of sp³-hybridized carbons (Fsp3) is 0.0833. The second-order valence-electron chi connectivity index (χ2n) is 3.43. The van der Waals surface area contributed by atoms with Gasteiger partial charge in [-0.3, -0.25) is 11.1 Å². The molecule has 2 aromatic carbocycles. The molecule has 0 fully saturated rings. The number of rotatable bonds is 1. The molecule has 0 aliphatic heterocycles. The van der Waals surface area contributed by atoms with Crippen LogP contribution in [0.2, 0.25) is 0 Å². The van der Waals surface area contributed by atoms with Crippen LogP contribution in [0.5, 0.6) is 0 Å². The molecule has 0 amide bonds. The maximum absolute atomic E-state index is 5.62. The Kier molecular flexibility index (Phi) is 1.97. The first-order valence-corrected chi connectivity index (χ1v) is 4.57. The fourth-order valence-electron chi connectivity index (χ4n) is 1.70. The van der Waals surface area contributed by atoms with Crippen LogP contribution in [0.25, 0.3) is 10.8 Å². The Labute approximate surface area is 82.9 Å². The predicted octanol–water partition coefficient (Wildman–Crippen LogP) is 0.613.